The van der Waals surface area contributed by atoms with Gasteiger partial charge in [-0.15, -0.1) is 0 Å². The van der Waals surface area contributed by atoms with E-state index < -0.39 is 11.9 Å². The number of carboxylic acid groups (broad SMARTS) is 2. The summed E-state index contributed by atoms with van der Waals surface area (Å²) in [6.07, 6.45) is 5.87. The molecule has 0 radical (unpaired) electrons. The molecule has 0 amide bonds. The van der Waals surface area contributed by atoms with Gasteiger partial charge in [0.05, 0.1) is 24.9 Å². The monoisotopic (exact) mass is 433 g/mol. The molecule has 2 aromatic rings. The van der Waals surface area contributed by atoms with Gasteiger partial charge in [0.2, 0.25) is 0 Å². The molecule has 0 aliphatic rings. The van der Waals surface area contributed by atoms with Crippen molar-refractivity contribution in [2.75, 3.05) is 25.6 Å². The summed E-state index contributed by atoms with van der Waals surface area (Å²) in [7, 11) is 1.66. The van der Waals surface area contributed by atoms with Gasteiger partial charge in [-0.25, -0.2) is 9.59 Å². The molecule has 1 aromatic heterocycles. The number of aromatic nitrogens is 1. The number of nitrogens with one attached hydrogen (secondary N) is 1. The molecule has 1 heterocycles. The smallest absolute Gasteiger partial charge is 0.328 e. The van der Waals surface area contributed by atoms with E-state index in [0.717, 1.165) is 47.4 Å². The van der Waals surface area contributed by atoms with Gasteiger partial charge in [-0.1, -0.05) is 6.92 Å². The molecule has 31 heavy (non-hydrogen) atoms. The molecule has 0 saturated carbocycles. The molecule has 0 spiro atoms. The Morgan fingerprint density at radius 3 is 2.52 bits per heavy atom. The van der Waals surface area contributed by atoms with E-state index in [0.29, 0.717) is 31.3 Å². The van der Waals surface area contributed by atoms with Crippen LogP contribution in [0.1, 0.15) is 33.1 Å². The highest BCUT2D eigenvalue weighted by atomic mass is 16.5. The van der Waals surface area contributed by atoms with E-state index in [1.807, 2.05) is 18.2 Å². The number of pyridine rings is 1. The van der Waals surface area contributed by atoms with E-state index in [4.69, 9.17) is 25.4 Å². The van der Waals surface area contributed by atoms with Crippen molar-refractivity contribution >= 4 is 28.5 Å². The lowest BCUT2D eigenvalue weighted by Gasteiger charge is -2.19. The lowest BCUT2D eigenvalue weighted by atomic mass is 10.1. The Morgan fingerprint density at radius 2 is 1.97 bits per heavy atom. The predicted octanol–water partition coefficient (Wildman–Crippen LogP) is 3.28. The van der Waals surface area contributed by atoms with Crippen LogP contribution < -0.4 is 20.5 Å². The van der Waals surface area contributed by atoms with Crippen molar-refractivity contribution in [3.8, 4) is 11.5 Å². The Bertz CT molecular complexity index is 869. The molecule has 0 saturated heterocycles. The Balaban J connectivity index is 0.000000512. The molecule has 1 atom stereocenters. The van der Waals surface area contributed by atoms with E-state index >= 15 is 0 Å². The average Bonchev–Trinajstić information content (AvgIpc) is 2.75. The third kappa shape index (κ3) is 8.91. The van der Waals surface area contributed by atoms with Gasteiger partial charge in [0.1, 0.15) is 0 Å². The highest BCUT2D eigenvalue weighted by Crippen LogP contribution is 2.39. The summed E-state index contributed by atoms with van der Waals surface area (Å²) in [5.74, 6) is -1.02. The Labute approximate surface area is 181 Å². The van der Waals surface area contributed by atoms with Crippen LogP contribution in [0.25, 0.3) is 10.9 Å². The van der Waals surface area contributed by atoms with Crippen LogP contribution in [0, 0.1) is 0 Å². The van der Waals surface area contributed by atoms with Crippen molar-refractivity contribution in [1.82, 2.24) is 4.98 Å². The summed E-state index contributed by atoms with van der Waals surface area (Å²) in [6, 6.07) is 6.23. The molecule has 1 unspecified atom stereocenters. The van der Waals surface area contributed by atoms with Crippen LogP contribution in [0.3, 0.4) is 0 Å². The second kappa shape index (κ2) is 13.8. The van der Waals surface area contributed by atoms with Gasteiger partial charge in [0, 0.05) is 35.8 Å². The minimum absolute atomic E-state index is 0.316. The van der Waals surface area contributed by atoms with E-state index in [9.17, 15) is 9.59 Å². The summed E-state index contributed by atoms with van der Waals surface area (Å²) in [5, 5.41) is 20.1. The summed E-state index contributed by atoms with van der Waals surface area (Å²) < 4.78 is 11.4. The largest absolute Gasteiger partial charge is 0.493 e. The van der Waals surface area contributed by atoms with Crippen molar-refractivity contribution in [2.45, 2.75) is 39.2 Å². The number of hydrogen-bond acceptors (Lipinski definition) is 7. The van der Waals surface area contributed by atoms with E-state index in [1.165, 1.54) is 0 Å². The van der Waals surface area contributed by atoms with Crippen LogP contribution >= 0.6 is 0 Å². The highest BCUT2D eigenvalue weighted by molar-refractivity contribution is 5.97. The van der Waals surface area contributed by atoms with Gasteiger partial charge in [-0.05, 0) is 44.9 Å². The maximum absolute atomic E-state index is 9.55. The molecule has 0 aliphatic heterocycles. The number of hydrogen-bond donors (Lipinski definition) is 4. The fourth-order valence-corrected chi connectivity index (χ4v) is 2.72. The fraction of sp³-hybridized carbons (Fsp3) is 0.409. The number of methoxy groups -OCH3 is 1. The quantitative estimate of drug-likeness (QED) is 0.392. The van der Waals surface area contributed by atoms with Crippen LogP contribution in [0.15, 0.2) is 36.5 Å². The third-order valence-corrected chi connectivity index (χ3v) is 4.09. The van der Waals surface area contributed by atoms with Crippen LogP contribution in [0.5, 0.6) is 11.5 Å². The molecular formula is C22H31N3O6. The van der Waals surface area contributed by atoms with Gasteiger partial charge >= 0.3 is 11.9 Å². The number of anilines is 1. The van der Waals surface area contributed by atoms with Gasteiger partial charge in [-0.3, -0.25) is 4.98 Å². The number of carbonyl (C=O) groups is 2. The molecule has 5 N–H and O–H groups in total. The molecule has 2 rings (SSSR count). The zero-order valence-corrected chi connectivity index (χ0v) is 18.1. The predicted molar refractivity (Wildman–Crippen MR) is 120 cm³/mol. The zero-order chi connectivity index (χ0) is 23.2. The van der Waals surface area contributed by atoms with Crippen LogP contribution in [-0.4, -0.2) is 53.4 Å². The molecule has 0 bridgehead atoms. The number of rotatable bonds is 11. The van der Waals surface area contributed by atoms with Crippen LogP contribution in [0.2, 0.25) is 0 Å². The minimum Gasteiger partial charge on any atom is -0.493 e. The Hall–Kier alpha value is -3.33. The third-order valence-electron chi connectivity index (χ3n) is 4.09. The number of nitrogens with two attached hydrogens (primary N) is 1. The minimum atomic E-state index is -1.26. The zero-order valence-electron chi connectivity index (χ0n) is 18.1. The Kier molecular flexibility index (Phi) is 11.5. The number of ether oxygens (including phenoxy) is 2. The highest BCUT2D eigenvalue weighted by Gasteiger charge is 2.16. The number of carboxylic acids is 2. The van der Waals surface area contributed by atoms with Crippen molar-refractivity contribution in [2.24, 2.45) is 5.73 Å². The topological polar surface area (TPSA) is 144 Å². The van der Waals surface area contributed by atoms with E-state index in [-0.39, 0.29) is 0 Å². The van der Waals surface area contributed by atoms with Crippen LogP contribution in [-0.2, 0) is 9.59 Å². The van der Waals surface area contributed by atoms with Gasteiger partial charge < -0.3 is 30.7 Å². The molecule has 9 nitrogen and oxygen atoms in total. The number of nitrogens with zero attached hydrogens (tertiary/aromatic N) is 1. The maximum Gasteiger partial charge on any atom is 0.328 e. The second-order valence-corrected chi connectivity index (χ2v) is 6.69. The van der Waals surface area contributed by atoms with Gasteiger partial charge in [-0.2, -0.15) is 0 Å². The van der Waals surface area contributed by atoms with E-state index in [1.54, 1.807) is 13.3 Å². The number of fused-ring (bicyclic) bond motifs is 1. The van der Waals surface area contributed by atoms with Gasteiger partial charge in [0.25, 0.3) is 0 Å². The second-order valence-electron chi connectivity index (χ2n) is 6.69. The van der Waals surface area contributed by atoms with Crippen LogP contribution in [0.4, 0.5) is 5.69 Å². The normalized spacial score (nSPS) is 11.5. The lowest BCUT2D eigenvalue weighted by molar-refractivity contribution is -0.134. The summed E-state index contributed by atoms with van der Waals surface area (Å²) in [4.78, 5) is 23.6. The fourth-order valence-electron chi connectivity index (χ4n) is 2.72. The maximum atomic E-state index is 9.55. The number of benzene rings is 1. The average molecular weight is 434 g/mol. The van der Waals surface area contributed by atoms with Crippen molar-refractivity contribution in [1.29, 1.82) is 0 Å². The molecule has 170 valence electrons. The molecule has 1 aromatic carbocycles. The first-order valence-corrected chi connectivity index (χ1v) is 10.0. The molecule has 9 heteroatoms. The summed E-state index contributed by atoms with van der Waals surface area (Å²) >= 11 is 0. The molecular weight excluding hydrogens is 402 g/mol. The van der Waals surface area contributed by atoms with Crippen molar-refractivity contribution in [3.05, 3.63) is 36.5 Å². The van der Waals surface area contributed by atoms with Gasteiger partial charge in [0.15, 0.2) is 11.5 Å². The lowest BCUT2D eigenvalue weighted by Crippen LogP contribution is -2.17. The first kappa shape index (κ1) is 25.7. The molecule has 0 aliphatic carbocycles. The van der Waals surface area contributed by atoms with Crippen molar-refractivity contribution in [3.63, 3.8) is 0 Å². The van der Waals surface area contributed by atoms with E-state index in [2.05, 4.69) is 24.1 Å². The summed E-state index contributed by atoms with van der Waals surface area (Å²) in [6.45, 7) is 5.60. The Morgan fingerprint density at radius 1 is 1.29 bits per heavy atom. The SMILES string of the molecule is CCCOc1c(OC)cc(NC(C)CCCN)c2ncccc12.O=C(O)/C=C/C(=O)O. The van der Waals surface area contributed by atoms with Crippen molar-refractivity contribution < 1.29 is 29.3 Å². The standard InChI is InChI=1S/C18H27N3O2.C4H4O4/c1-4-11-23-18-14-8-6-10-20-17(14)15(12-16(18)22-3)21-13(2)7-5-9-19;5-3(6)1-2-4(7)8/h6,8,10,12-13,21H,4-5,7,9,11,19H2,1-3H3;1-2H,(H,5,6)(H,7,8)/b;2-1+. The summed E-state index contributed by atoms with van der Waals surface area (Å²) in [5.41, 5.74) is 7.46. The molecule has 0 fully saturated rings. The first-order valence-electron chi connectivity index (χ1n) is 10.0. The number of aliphatic carboxylic acids is 2. The first-order chi connectivity index (χ1) is 14.8.